The molecule has 3 heteroatoms. The summed E-state index contributed by atoms with van der Waals surface area (Å²) in [5, 5.41) is 0. The minimum atomic E-state index is 0.614. The predicted molar refractivity (Wildman–Crippen MR) is 76.4 cm³/mol. The Morgan fingerprint density at radius 1 is 1.17 bits per heavy atom. The van der Waals surface area contributed by atoms with Crippen LogP contribution < -0.4 is 0 Å². The molecule has 0 saturated heterocycles. The van der Waals surface area contributed by atoms with Gasteiger partial charge in [0.1, 0.15) is 10.5 Å². The largest absolute Gasteiger partial charge is 0.347 e. The average Bonchev–Trinajstić information content (AvgIpc) is 2.98. The molecule has 1 aromatic rings. The summed E-state index contributed by atoms with van der Waals surface area (Å²) in [6, 6.07) is 2.09. The van der Waals surface area contributed by atoms with Crippen molar-refractivity contribution in [1.29, 1.82) is 0 Å². The standard InChI is InChI=1S/C15H22N2S/c1-10-6-7-12(8-10)15-16-13(9-14(18)17-15)11-4-2-3-5-11/h9-12H,2-8H2,1H3,(H,16,17,18). The van der Waals surface area contributed by atoms with Gasteiger partial charge in [0.25, 0.3) is 0 Å². The van der Waals surface area contributed by atoms with Gasteiger partial charge in [-0.3, -0.25) is 0 Å². The van der Waals surface area contributed by atoms with Gasteiger partial charge in [-0.15, -0.1) is 0 Å². The maximum Gasteiger partial charge on any atom is 0.130 e. The van der Waals surface area contributed by atoms with Gasteiger partial charge in [-0.2, -0.15) is 0 Å². The van der Waals surface area contributed by atoms with E-state index in [1.54, 1.807) is 0 Å². The second kappa shape index (κ2) is 5.12. The Morgan fingerprint density at radius 3 is 2.61 bits per heavy atom. The van der Waals surface area contributed by atoms with E-state index in [-0.39, 0.29) is 0 Å². The summed E-state index contributed by atoms with van der Waals surface area (Å²) < 4.78 is 0.783. The van der Waals surface area contributed by atoms with Gasteiger partial charge in [0.2, 0.25) is 0 Å². The van der Waals surface area contributed by atoms with Crippen molar-refractivity contribution in [3.63, 3.8) is 0 Å². The smallest absolute Gasteiger partial charge is 0.130 e. The van der Waals surface area contributed by atoms with E-state index in [9.17, 15) is 0 Å². The highest BCUT2D eigenvalue weighted by molar-refractivity contribution is 7.71. The number of aromatic amines is 1. The van der Waals surface area contributed by atoms with E-state index in [0.717, 1.165) is 16.4 Å². The van der Waals surface area contributed by atoms with Crippen molar-refractivity contribution in [3.05, 3.63) is 22.2 Å². The fraction of sp³-hybridized carbons (Fsp3) is 0.733. The molecule has 1 heterocycles. The Hall–Kier alpha value is -0.700. The van der Waals surface area contributed by atoms with Gasteiger partial charge in [-0.25, -0.2) is 4.98 Å². The lowest BCUT2D eigenvalue weighted by molar-refractivity contribution is 0.579. The van der Waals surface area contributed by atoms with Gasteiger partial charge in [0, 0.05) is 11.6 Å². The Labute approximate surface area is 114 Å². The van der Waals surface area contributed by atoms with Crippen LogP contribution in [-0.2, 0) is 0 Å². The van der Waals surface area contributed by atoms with Crippen molar-refractivity contribution in [2.45, 2.75) is 63.7 Å². The minimum absolute atomic E-state index is 0.614. The van der Waals surface area contributed by atoms with Gasteiger partial charge in [-0.05, 0) is 50.0 Å². The van der Waals surface area contributed by atoms with Crippen LogP contribution in [0.2, 0.25) is 0 Å². The predicted octanol–water partition coefficient (Wildman–Crippen LogP) is 4.70. The summed E-state index contributed by atoms with van der Waals surface area (Å²) >= 11 is 5.36. The Kier molecular flexibility index (Phi) is 3.51. The third kappa shape index (κ3) is 2.51. The third-order valence-electron chi connectivity index (χ3n) is 4.66. The van der Waals surface area contributed by atoms with Crippen LogP contribution in [0.4, 0.5) is 0 Å². The molecule has 1 N–H and O–H groups in total. The van der Waals surface area contributed by atoms with Gasteiger partial charge < -0.3 is 4.98 Å². The van der Waals surface area contributed by atoms with Crippen LogP contribution in [0.1, 0.15) is 75.2 Å². The Morgan fingerprint density at radius 2 is 1.94 bits per heavy atom. The highest BCUT2D eigenvalue weighted by Gasteiger charge is 2.26. The van der Waals surface area contributed by atoms with Crippen LogP contribution >= 0.6 is 12.2 Å². The van der Waals surface area contributed by atoms with E-state index >= 15 is 0 Å². The summed E-state index contributed by atoms with van der Waals surface area (Å²) in [7, 11) is 0. The molecule has 18 heavy (non-hydrogen) atoms. The molecule has 0 radical (unpaired) electrons. The molecule has 2 atom stereocenters. The molecule has 0 amide bonds. The molecule has 2 aliphatic carbocycles. The lowest BCUT2D eigenvalue weighted by atomic mass is 10.0. The van der Waals surface area contributed by atoms with Gasteiger partial charge in [0.05, 0.1) is 0 Å². The number of rotatable bonds is 2. The van der Waals surface area contributed by atoms with Crippen LogP contribution in [0.5, 0.6) is 0 Å². The zero-order valence-corrected chi connectivity index (χ0v) is 11.9. The first-order valence-corrected chi connectivity index (χ1v) is 7.74. The lowest BCUT2D eigenvalue weighted by Crippen LogP contribution is -2.06. The number of hydrogen-bond donors (Lipinski definition) is 1. The maximum atomic E-state index is 5.36. The molecule has 2 unspecified atom stereocenters. The molecule has 2 fully saturated rings. The quantitative estimate of drug-likeness (QED) is 0.783. The molecule has 0 bridgehead atoms. The van der Waals surface area contributed by atoms with E-state index in [1.807, 2.05) is 0 Å². The van der Waals surface area contributed by atoms with E-state index in [2.05, 4.69) is 23.0 Å². The van der Waals surface area contributed by atoms with Crippen LogP contribution in [-0.4, -0.2) is 9.97 Å². The fourth-order valence-corrected chi connectivity index (χ4v) is 3.83. The van der Waals surface area contributed by atoms with Crippen molar-refractivity contribution in [1.82, 2.24) is 9.97 Å². The summed E-state index contributed by atoms with van der Waals surface area (Å²) in [5.41, 5.74) is 1.35. The molecule has 2 saturated carbocycles. The first-order valence-electron chi connectivity index (χ1n) is 7.33. The monoisotopic (exact) mass is 262 g/mol. The minimum Gasteiger partial charge on any atom is -0.347 e. The summed E-state index contributed by atoms with van der Waals surface area (Å²) in [6.07, 6.45) is 9.24. The fourth-order valence-electron chi connectivity index (χ4n) is 3.60. The van der Waals surface area contributed by atoms with Crippen molar-refractivity contribution < 1.29 is 0 Å². The van der Waals surface area contributed by atoms with E-state index in [0.29, 0.717) is 11.8 Å². The summed E-state index contributed by atoms with van der Waals surface area (Å²) in [6.45, 7) is 2.34. The highest BCUT2D eigenvalue weighted by Crippen LogP contribution is 2.38. The zero-order valence-electron chi connectivity index (χ0n) is 11.1. The van der Waals surface area contributed by atoms with Crippen molar-refractivity contribution in [2.75, 3.05) is 0 Å². The Bertz CT molecular complexity index is 474. The molecule has 2 aliphatic rings. The SMILES string of the molecule is CC1CCC(c2nc(=S)cc(C3CCCC3)[nH]2)C1. The molecular formula is C15H22N2S. The second-order valence-electron chi connectivity index (χ2n) is 6.16. The molecule has 0 aliphatic heterocycles. The first kappa shape index (κ1) is 12.3. The van der Waals surface area contributed by atoms with Crippen molar-refractivity contribution >= 4 is 12.2 Å². The highest BCUT2D eigenvalue weighted by atomic mass is 32.1. The van der Waals surface area contributed by atoms with Gasteiger partial charge in [0.15, 0.2) is 0 Å². The number of nitrogens with zero attached hydrogens (tertiary/aromatic N) is 1. The molecule has 2 nitrogen and oxygen atoms in total. The number of nitrogens with one attached hydrogen (secondary N) is 1. The molecule has 1 aromatic heterocycles. The number of aromatic nitrogens is 2. The topological polar surface area (TPSA) is 28.7 Å². The second-order valence-corrected chi connectivity index (χ2v) is 6.57. The molecule has 3 rings (SSSR count). The molecule has 98 valence electrons. The zero-order chi connectivity index (χ0) is 12.5. The van der Waals surface area contributed by atoms with Crippen molar-refractivity contribution in [3.8, 4) is 0 Å². The summed E-state index contributed by atoms with van der Waals surface area (Å²) in [4.78, 5) is 8.19. The molecular weight excluding hydrogens is 240 g/mol. The van der Waals surface area contributed by atoms with E-state index in [4.69, 9.17) is 12.2 Å². The normalized spacial score (nSPS) is 28.9. The van der Waals surface area contributed by atoms with E-state index in [1.165, 1.54) is 50.6 Å². The molecule has 0 spiro atoms. The first-order chi connectivity index (χ1) is 8.72. The number of hydrogen-bond acceptors (Lipinski definition) is 2. The maximum absolute atomic E-state index is 5.36. The Balaban J connectivity index is 1.88. The van der Waals surface area contributed by atoms with Crippen molar-refractivity contribution in [2.24, 2.45) is 5.92 Å². The van der Waals surface area contributed by atoms with Crippen LogP contribution in [0.15, 0.2) is 6.07 Å². The lowest BCUT2D eigenvalue weighted by Gasteiger charge is -2.14. The van der Waals surface area contributed by atoms with Crippen LogP contribution in [0, 0.1) is 10.6 Å². The molecule has 0 aromatic carbocycles. The van der Waals surface area contributed by atoms with Crippen LogP contribution in [0.3, 0.4) is 0 Å². The summed E-state index contributed by atoms with van der Waals surface area (Å²) in [5.74, 6) is 3.32. The van der Waals surface area contributed by atoms with Crippen LogP contribution in [0.25, 0.3) is 0 Å². The third-order valence-corrected chi connectivity index (χ3v) is 4.87. The average molecular weight is 262 g/mol. The van der Waals surface area contributed by atoms with E-state index < -0.39 is 0 Å². The van der Waals surface area contributed by atoms with Gasteiger partial charge in [-0.1, -0.05) is 32.0 Å². The van der Waals surface area contributed by atoms with Gasteiger partial charge >= 0.3 is 0 Å². The number of H-pyrrole nitrogens is 1.